The van der Waals surface area contributed by atoms with Gasteiger partial charge in [-0.05, 0) is 43.0 Å². The first-order chi connectivity index (χ1) is 13.7. The lowest BCUT2D eigenvalue weighted by Gasteiger charge is -2.14. The van der Waals surface area contributed by atoms with Crippen molar-refractivity contribution in [3.05, 3.63) is 63.2 Å². The zero-order chi connectivity index (χ0) is 21.6. The maximum atomic E-state index is 11.9. The van der Waals surface area contributed by atoms with E-state index in [2.05, 4.69) is 5.32 Å². The quantitative estimate of drug-likeness (QED) is 0.409. The lowest BCUT2D eigenvalue weighted by atomic mass is 10.0. The predicted molar refractivity (Wildman–Crippen MR) is 108 cm³/mol. The summed E-state index contributed by atoms with van der Waals surface area (Å²) in [6, 6.07) is 10.1. The van der Waals surface area contributed by atoms with Gasteiger partial charge in [-0.2, -0.15) is 0 Å². The number of carbonyl (C=O) groups excluding carboxylic acids is 2. The van der Waals surface area contributed by atoms with Gasteiger partial charge in [0, 0.05) is 17.3 Å². The molecule has 1 amide bonds. The number of benzene rings is 2. The summed E-state index contributed by atoms with van der Waals surface area (Å²) >= 11 is 0. The minimum Gasteiger partial charge on any atom is -0.482 e. The summed E-state index contributed by atoms with van der Waals surface area (Å²) in [6.45, 7) is 6.73. The Labute approximate surface area is 169 Å². The summed E-state index contributed by atoms with van der Waals surface area (Å²) < 4.78 is 10.5. The Morgan fingerprint density at radius 1 is 1.10 bits per heavy atom. The molecule has 2 aromatic carbocycles. The summed E-state index contributed by atoms with van der Waals surface area (Å²) in [5.74, 6) is -0.458. The van der Waals surface area contributed by atoms with Crippen LogP contribution in [0.25, 0.3) is 0 Å². The molecule has 0 bridgehead atoms. The second kappa shape index (κ2) is 9.68. The van der Waals surface area contributed by atoms with E-state index in [4.69, 9.17) is 9.47 Å². The fourth-order valence-corrected chi connectivity index (χ4v) is 2.65. The van der Waals surface area contributed by atoms with E-state index in [0.29, 0.717) is 11.3 Å². The van der Waals surface area contributed by atoms with E-state index in [9.17, 15) is 19.7 Å². The van der Waals surface area contributed by atoms with Crippen molar-refractivity contribution < 1.29 is 24.0 Å². The molecule has 154 valence electrons. The first kappa shape index (κ1) is 21.9. The highest BCUT2D eigenvalue weighted by Crippen LogP contribution is 2.27. The van der Waals surface area contributed by atoms with Crippen LogP contribution in [-0.4, -0.2) is 30.0 Å². The molecule has 0 aliphatic heterocycles. The first-order valence-electron chi connectivity index (χ1n) is 9.11. The van der Waals surface area contributed by atoms with Crippen molar-refractivity contribution in [2.45, 2.75) is 33.6 Å². The predicted octanol–water partition coefficient (Wildman–Crippen LogP) is 3.90. The standard InChI is InChI=1S/C21H24N2O6/c1-13(2)17-8-5-14(3)9-19(17)28-12-21(25)29-11-20(24)22-16-7-6-15(4)18(10-16)23(26)27/h5-10,13H,11-12H2,1-4H3,(H,22,24). The SMILES string of the molecule is Cc1ccc(C(C)C)c(OCC(=O)OCC(=O)Nc2ccc(C)c([N+](=O)[O-])c2)c1. The van der Waals surface area contributed by atoms with Crippen LogP contribution in [0.2, 0.25) is 0 Å². The molecule has 0 spiro atoms. The molecule has 0 radical (unpaired) electrons. The molecular weight excluding hydrogens is 376 g/mol. The van der Waals surface area contributed by atoms with Gasteiger partial charge in [-0.3, -0.25) is 14.9 Å². The van der Waals surface area contributed by atoms with Crippen LogP contribution in [-0.2, 0) is 14.3 Å². The van der Waals surface area contributed by atoms with Crippen molar-refractivity contribution in [2.75, 3.05) is 18.5 Å². The molecule has 0 aromatic heterocycles. The van der Waals surface area contributed by atoms with Gasteiger partial charge in [-0.25, -0.2) is 4.79 Å². The number of hydrogen-bond donors (Lipinski definition) is 1. The van der Waals surface area contributed by atoms with Gasteiger partial charge >= 0.3 is 5.97 Å². The zero-order valence-corrected chi connectivity index (χ0v) is 16.9. The molecule has 0 aliphatic carbocycles. The fourth-order valence-electron chi connectivity index (χ4n) is 2.65. The smallest absolute Gasteiger partial charge is 0.344 e. The summed E-state index contributed by atoms with van der Waals surface area (Å²) in [7, 11) is 0. The number of nitrogens with zero attached hydrogens (tertiary/aromatic N) is 1. The Hall–Kier alpha value is -3.42. The van der Waals surface area contributed by atoms with Crippen molar-refractivity contribution in [1.82, 2.24) is 0 Å². The summed E-state index contributed by atoms with van der Waals surface area (Å²) in [4.78, 5) is 34.3. The van der Waals surface area contributed by atoms with Crippen LogP contribution >= 0.6 is 0 Å². The van der Waals surface area contributed by atoms with E-state index in [-0.39, 0.29) is 23.9 Å². The van der Waals surface area contributed by atoms with E-state index in [1.165, 1.54) is 18.2 Å². The van der Waals surface area contributed by atoms with Gasteiger partial charge in [0.1, 0.15) is 5.75 Å². The highest BCUT2D eigenvalue weighted by molar-refractivity contribution is 5.93. The molecule has 0 saturated heterocycles. The number of nitrogens with one attached hydrogen (secondary N) is 1. The summed E-state index contributed by atoms with van der Waals surface area (Å²) in [6.07, 6.45) is 0. The number of hydrogen-bond acceptors (Lipinski definition) is 6. The average Bonchev–Trinajstić information content (AvgIpc) is 2.65. The third-order valence-corrected chi connectivity index (χ3v) is 4.19. The van der Waals surface area contributed by atoms with Gasteiger partial charge in [0.15, 0.2) is 13.2 Å². The fraction of sp³-hybridized carbons (Fsp3) is 0.333. The van der Waals surface area contributed by atoms with Gasteiger partial charge in [-0.15, -0.1) is 0 Å². The van der Waals surface area contributed by atoms with Crippen molar-refractivity contribution in [3.8, 4) is 5.75 Å². The number of amides is 1. The largest absolute Gasteiger partial charge is 0.482 e. The van der Waals surface area contributed by atoms with Gasteiger partial charge in [-0.1, -0.05) is 32.0 Å². The van der Waals surface area contributed by atoms with E-state index in [1.54, 1.807) is 6.92 Å². The molecule has 29 heavy (non-hydrogen) atoms. The van der Waals surface area contributed by atoms with Gasteiger partial charge < -0.3 is 14.8 Å². The number of ether oxygens (including phenoxy) is 2. The molecule has 0 atom stereocenters. The van der Waals surface area contributed by atoms with Gasteiger partial charge in [0.25, 0.3) is 11.6 Å². The molecule has 2 rings (SSSR count). The number of esters is 1. The lowest BCUT2D eigenvalue weighted by molar-refractivity contribution is -0.385. The van der Waals surface area contributed by atoms with Crippen LogP contribution in [0.1, 0.15) is 36.5 Å². The van der Waals surface area contributed by atoms with Crippen molar-refractivity contribution in [3.63, 3.8) is 0 Å². The second-order valence-electron chi connectivity index (χ2n) is 6.95. The Balaban J connectivity index is 1.87. The molecular formula is C21H24N2O6. The van der Waals surface area contributed by atoms with Crippen LogP contribution in [0.15, 0.2) is 36.4 Å². The molecule has 0 fully saturated rings. The highest BCUT2D eigenvalue weighted by Gasteiger charge is 2.15. The Kier molecular flexibility index (Phi) is 7.30. The number of aryl methyl sites for hydroxylation is 2. The Bertz CT molecular complexity index is 923. The summed E-state index contributed by atoms with van der Waals surface area (Å²) in [5.41, 5.74) is 2.60. The maximum absolute atomic E-state index is 11.9. The number of nitro benzene ring substituents is 1. The van der Waals surface area contributed by atoms with E-state index in [1.807, 2.05) is 39.0 Å². The molecule has 0 unspecified atom stereocenters. The zero-order valence-electron chi connectivity index (χ0n) is 16.9. The average molecular weight is 400 g/mol. The molecule has 8 nitrogen and oxygen atoms in total. The number of carbonyl (C=O) groups is 2. The molecule has 2 aromatic rings. The minimum absolute atomic E-state index is 0.104. The number of anilines is 1. The maximum Gasteiger partial charge on any atom is 0.344 e. The minimum atomic E-state index is -0.689. The Morgan fingerprint density at radius 2 is 1.83 bits per heavy atom. The van der Waals surface area contributed by atoms with Crippen LogP contribution < -0.4 is 10.1 Å². The number of nitro groups is 1. The van der Waals surface area contributed by atoms with Crippen LogP contribution in [0.5, 0.6) is 5.75 Å². The van der Waals surface area contributed by atoms with Crippen molar-refractivity contribution in [1.29, 1.82) is 0 Å². The third-order valence-electron chi connectivity index (χ3n) is 4.19. The van der Waals surface area contributed by atoms with Crippen molar-refractivity contribution >= 4 is 23.3 Å². The van der Waals surface area contributed by atoms with E-state index >= 15 is 0 Å². The van der Waals surface area contributed by atoms with Crippen LogP contribution in [0.4, 0.5) is 11.4 Å². The van der Waals surface area contributed by atoms with Gasteiger partial charge in [0.2, 0.25) is 0 Å². The molecule has 0 heterocycles. The van der Waals surface area contributed by atoms with Crippen LogP contribution in [0.3, 0.4) is 0 Å². The second-order valence-corrected chi connectivity index (χ2v) is 6.95. The third kappa shape index (κ3) is 6.31. The van der Waals surface area contributed by atoms with Gasteiger partial charge in [0.05, 0.1) is 4.92 Å². The molecule has 1 N–H and O–H groups in total. The highest BCUT2D eigenvalue weighted by atomic mass is 16.6. The van der Waals surface area contributed by atoms with Crippen molar-refractivity contribution in [2.24, 2.45) is 0 Å². The topological polar surface area (TPSA) is 108 Å². The summed E-state index contributed by atoms with van der Waals surface area (Å²) in [5, 5.41) is 13.4. The van der Waals surface area contributed by atoms with E-state index in [0.717, 1.165) is 11.1 Å². The van der Waals surface area contributed by atoms with E-state index < -0.39 is 23.4 Å². The number of rotatable bonds is 8. The molecule has 0 aliphatic rings. The monoisotopic (exact) mass is 400 g/mol. The van der Waals surface area contributed by atoms with Crippen LogP contribution in [0, 0.1) is 24.0 Å². The molecule has 0 saturated carbocycles. The Morgan fingerprint density at radius 3 is 2.48 bits per heavy atom. The first-order valence-corrected chi connectivity index (χ1v) is 9.11. The lowest BCUT2D eigenvalue weighted by Crippen LogP contribution is -2.24. The normalized spacial score (nSPS) is 10.5. The molecule has 8 heteroatoms.